The summed E-state index contributed by atoms with van der Waals surface area (Å²) < 4.78 is 10.3. The van der Waals surface area contributed by atoms with Crippen LogP contribution in [0.3, 0.4) is 0 Å². The van der Waals surface area contributed by atoms with Crippen LogP contribution in [0.25, 0.3) is 0 Å². The van der Waals surface area contributed by atoms with E-state index in [4.69, 9.17) is 15.2 Å². The fourth-order valence-corrected chi connectivity index (χ4v) is 1.35. The van der Waals surface area contributed by atoms with E-state index in [1.54, 1.807) is 14.2 Å². The lowest BCUT2D eigenvalue weighted by Crippen LogP contribution is -2.22. The Kier molecular flexibility index (Phi) is 4.24. The number of nitrogens with zero attached hydrogens (tertiary/aromatic N) is 1. The number of rotatable bonds is 5. The minimum absolute atomic E-state index is 0.675. The number of methoxy groups -OCH3 is 2. The van der Waals surface area contributed by atoms with E-state index in [0.29, 0.717) is 6.61 Å². The number of ether oxygens (including phenoxy) is 2. The molecule has 84 valence electrons. The van der Waals surface area contributed by atoms with Crippen molar-refractivity contribution in [2.75, 3.05) is 45.1 Å². The number of anilines is 2. The van der Waals surface area contributed by atoms with E-state index in [2.05, 4.69) is 4.90 Å². The van der Waals surface area contributed by atoms with Crippen LogP contribution < -0.4 is 15.4 Å². The number of nitrogen functional groups attached to an aromatic ring is 1. The number of benzene rings is 1. The molecular formula is C11H18N2O2. The van der Waals surface area contributed by atoms with Gasteiger partial charge < -0.3 is 20.1 Å². The number of hydrogen-bond acceptors (Lipinski definition) is 4. The second kappa shape index (κ2) is 5.46. The van der Waals surface area contributed by atoms with E-state index in [0.717, 1.165) is 23.7 Å². The zero-order valence-electron chi connectivity index (χ0n) is 9.49. The van der Waals surface area contributed by atoms with Crippen LogP contribution in [0, 0.1) is 0 Å². The molecule has 1 rings (SSSR count). The van der Waals surface area contributed by atoms with Crippen LogP contribution in [-0.2, 0) is 4.74 Å². The van der Waals surface area contributed by atoms with Crippen molar-refractivity contribution < 1.29 is 9.47 Å². The molecule has 0 bridgehead atoms. The minimum Gasteiger partial charge on any atom is -0.495 e. The molecule has 4 heteroatoms. The van der Waals surface area contributed by atoms with Gasteiger partial charge in [-0.2, -0.15) is 0 Å². The van der Waals surface area contributed by atoms with Gasteiger partial charge in [-0.1, -0.05) is 0 Å². The summed E-state index contributed by atoms with van der Waals surface area (Å²) in [4.78, 5) is 2.05. The van der Waals surface area contributed by atoms with E-state index in [1.165, 1.54) is 0 Å². The molecule has 0 amide bonds. The lowest BCUT2D eigenvalue weighted by Gasteiger charge is -2.21. The summed E-state index contributed by atoms with van der Waals surface area (Å²) in [6.07, 6.45) is 0. The zero-order valence-corrected chi connectivity index (χ0v) is 9.49. The van der Waals surface area contributed by atoms with Gasteiger partial charge in [0.25, 0.3) is 0 Å². The van der Waals surface area contributed by atoms with Crippen molar-refractivity contribution in [3.63, 3.8) is 0 Å². The fraction of sp³-hybridized carbons (Fsp3) is 0.455. The summed E-state index contributed by atoms with van der Waals surface area (Å²) in [6, 6.07) is 5.59. The van der Waals surface area contributed by atoms with Crippen LogP contribution in [0.2, 0.25) is 0 Å². The third kappa shape index (κ3) is 3.02. The van der Waals surface area contributed by atoms with Crippen molar-refractivity contribution in [1.29, 1.82) is 0 Å². The van der Waals surface area contributed by atoms with Crippen molar-refractivity contribution in [3.05, 3.63) is 18.2 Å². The molecule has 0 unspecified atom stereocenters. The van der Waals surface area contributed by atoms with Crippen molar-refractivity contribution in [2.45, 2.75) is 0 Å². The van der Waals surface area contributed by atoms with Gasteiger partial charge >= 0.3 is 0 Å². The van der Waals surface area contributed by atoms with E-state index in [9.17, 15) is 0 Å². The zero-order chi connectivity index (χ0) is 11.3. The van der Waals surface area contributed by atoms with E-state index in [-0.39, 0.29) is 0 Å². The monoisotopic (exact) mass is 210 g/mol. The van der Waals surface area contributed by atoms with Gasteiger partial charge in [0, 0.05) is 26.4 Å². The summed E-state index contributed by atoms with van der Waals surface area (Å²) in [6.45, 7) is 1.48. The van der Waals surface area contributed by atoms with Crippen molar-refractivity contribution in [2.24, 2.45) is 0 Å². The molecule has 0 radical (unpaired) electrons. The molecule has 0 heterocycles. The highest BCUT2D eigenvalue weighted by molar-refractivity contribution is 5.64. The Morgan fingerprint density at radius 2 is 2.07 bits per heavy atom. The highest BCUT2D eigenvalue weighted by Crippen LogP contribution is 2.29. The second-order valence-corrected chi connectivity index (χ2v) is 3.35. The van der Waals surface area contributed by atoms with Crippen LogP contribution in [0.4, 0.5) is 11.4 Å². The third-order valence-electron chi connectivity index (χ3n) is 2.24. The third-order valence-corrected chi connectivity index (χ3v) is 2.24. The molecule has 4 nitrogen and oxygen atoms in total. The average molecular weight is 210 g/mol. The van der Waals surface area contributed by atoms with Gasteiger partial charge in [0.1, 0.15) is 5.75 Å². The topological polar surface area (TPSA) is 47.7 Å². The lowest BCUT2D eigenvalue weighted by molar-refractivity contribution is 0.206. The molecule has 2 N–H and O–H groups in total. The van der Waals surface area contributed by atoms with Crippen molar-refractivity contribution in [3.8, 4) is 5.75 Å². The molecule has 0 fully saturated rings. The quantitative estimate of drug-likeness (QED) is 0.745. The molecule has 15 heavy (non-hydrogen) atoms. The lowest BCUT2D eigenvalue weighted by atomic mass is 10.2. The second-order valence-electron chi connectivity index (χ2n) is 3.35. The molecule has 0 aliphatic rings. The van der Waals surface area contributed by atoms with Gasteiger partial charge in [0.2, 0.25) is 0 Å². The first-order valence-corrected chi connectivity index (χ1v) is 4.82. The Morgan fingerprint density at radius 3 is 2.67 bits per heavy atom. The maximum Gasteiger partial charge on any atom is 0.142 e. The first-order valence-electron chi connectivity index (χ1n) is 4.82. The van der Waals surface area contributed by atoms with Crippen LogP contribution in [0.15, 0.2) is 18.2 Å². The molecule has 1 aromatic carbocycles. The smallest absolute Gasteiger partial charge is 0.142 e. The predicted molar refractivity (Wildman–Crippen MR) is 62.6 cm³/mol. The Balaban J connectivity index is 2.85. The Bertz CT molecular complexity index is 315. The molecule has 0 atom stereocenters. The standard InChI is InChI=1S/C11H18N2O2/c1-13(6-7-14-2)10-8-9(12)4-5-11(10)15-3/h4-5,8H,6-7,12H2,1-3H3. The summed E-state index contributed by atoms with van der Waals surface area (Å²) in [5, 5.41) is 0. The molecule has 1 aromatic rings. The number of nitrogens with two attached hydrogens (primary N) is 1. The normalized spacial score (nSPS) is 10.1. The molecule has 0 aliphatic carbocycles. The van der Waals surface area contributed by atoms with E-state index in [1.807, 2.05) is 25.2 Å². The van der Waals surface area contributed by atoms with Gasteiger partial charge in [0.15, 0.2) is 0 Å². The average Bonchev–Trinajstić information content (AvgIpc) is 2.25. The maximum absolute atomic E-state index is 5.74. The molecule has 0 aromatic heterocycles. The highest BCUT2D eigenvalue weighted by Gasteiger charge is 2.07. The summed E-state index contributed by atoms with van der Waals surface area (Å²) >= 11 is 0. The van der Waals surface area contributed by atoms with E-state index < -0.39 is 0 Å². The van der Waals surface area contributed by atoms with Gasteiger partial charge in [-0.3, -0.25) is 0 Å². The first kappa shape index (κ1) is 11.7. The predicted octanol–water partition coefficient (Wildman–Crippen LogP) is 1.36. The minimum atomic E-state index is 0.675. The van der Waals surface area contributed by atoms with Crippen molar-refractivity contribution in [1.82, 2.24) is 0 Å². The van der Waals surface area contributed by atoms with Gasteiger partial charge in [-0.05, 0) is 18.2 Å². The maximum atomic E-state index is 5.74. The number of hydrogen-bond donors (Lipinski definition) is 1. The molecule has 0 saturated heterocycles. The molecule has 0 spiro atoms. The Hall–Kier alpha value is -1.42. The van der Waals surface area contributed by atoms with Gasteiger partial charge in [-0.25, -0.2) is 0 Å². The SMILES string of the molecule is COCCN(C)c1cc(N)ccc1OC. The van der Waals surface area contributed by atoms with Crippen LogP contribution in [0.1, 0.15) is 0 Å². The fourth-order valence-electron chi connectivity index (χ4n) is 1.35. The summed E-state index contributed by atoms with van der Waals surface area (Å²) in [5.74, 6) is 0.822. The van der Waals surface area contributed by atoms with Gasteiger partial charge in [-0.15, -0.1) is 0 Å². The van der Waals surface area contributed by atoms with Crippen LogP contribution in [0.5, 0.6) is 5.75 Å². The van der Waals surface area contributed by atoms with Crippen molar-refractivity contribution >= 4 is 11.4 Å². The van der Waals surface area contributed by atoms with Crippen LogP contribution >= 0.6 is 0 Å². The molecule has 0 saturated carbocycles. The molecular weight excluding hydrogens is 192 g/mol. The highest BCUT2D eigenvalue weighted by atomic mass is 16.5. The first-order chi connectivity index (χ1) is 7.19. The van der Waals surface area contributed by atoms with E-state index >= 15 is 0 Å². The van der Waals surface area contributed by atoms with Crippen LogP contribution in [-0.4, -0.2) is 34.4 Å². The Morgan fingerprint density at radius 1 is 1.33 bits per heavy atom. The Labute approximate surface area is 90.6 Å². The number of likely N-dealkylation sites (N-methyl/N-ethyl adjacent to an activating group) is 1. The summed E-state index contributed by atoms with van der Waals surface area (Å²) in [7, 11) is 5.32. The van der Waals surface area contributed by atoms with Gasteiger partial charge in [0.05, 0.1) is 19.4 Å². The molecule has 0 aliphatic heterocycles. The summed E-state index contributed by atoms with van der Waals surface area (Å²) in [5.41, 5.74) is 7.45. The largest absolute Gasteiger partial charge is 0.495 e.